The maximum Gasteiger partial charge on any atom is 0.245 e. The van der Waals surface area contributed by atoms with Gasteiger partial charge in [-0.3, -0.25) is 9.59 Å². The van der Waals surface area contributed by atoms with Crippen LogP contribution in [-0.4, -0.2) is 32.0 Å². The second-order valence-electron chi connectivity index (χ2n) is 5.12. The van der Waals surface area contributed by atoms with Crippen LogP contribution in [0.2, 0.25) is 0 Å². The molecule has 0 saturated heterocycles. The molecular weight excluding hydrogens is 312 g/mol. The summed E-state index contributed by atoms with van der Waals surface area (Å²) < 4.78 is 5.87. The standard InChI is InChI=1S/C17H18N2O3S/c1-11-12-6-3-4-7-14(12)23-16(11)15(20)13(10-18)17(21)19-8-5-9-22-2/h3-4,6-7,13H,5,8-9H2,1-2H3,(H,19,21)/t13-/m1/s1. The number of hydrogen-bond acceptors (Lipinski definition) is 5. The number of nitriles is 1. The van der Waals surface area contributed by atoms with E-state index in [1.54, 1.807) is 7.11 Å². The minimum atomic E-state index is -1.32. The van der Waals surface area contributed by atoms with E-state index in [1.165, 1.54) is 11.3 Å². The predicted molar refractivity (Wildman–Crippen MR) is 89.5 cm³/mol. The fourth-order valence-electron chi connectivity index (χ4n) is 2.31. The zero-order chi connectivity index (χ0) is 16.8. The van der Waals surface area contributed by atoms with Gasteiger partial charge in [0.05, 0.1) is 10.9 Å². The lowest BCUT2D eigenvalue weighted by molar-refractivity contribution is -0.122. The van der Waals surface area contributed by atoms with Gasteiger partial charge in [0.2, 0.25) is 5.91 Å². The van der Waals surface area contributed by atoms with Crippen LogP contribution in [0.1, 0.15) is 21.7 Å². The van der Waals surface area contributed by atoms with Gasteiger partial charge in [-0.25, -0.2) is 0 Å². The van der Waals surface area contributed by atoms with Gasteiger partial charge in [0.15, 0.2) is 11.7 Å². The van der Waals surface area contributed by atoms with E-state index >= 15 is 0 Å². The van der Waals surface area contributed by atoms with Crippen LogP contribution in [0.15, 0.2) is 24.3 Å². The van der Waals surface area contributed by atoms with Gasteiger partial charge in [0.25, 0.3) is 0 Å². The van der Waals surface area contributed by atoms with Crippen molar-refractivity contribution in [1.29, 1.82) is 5.26 Å². The third-order valence-corrected chi connectivity index (χ3v) is 4.83. The molecule has 120 valence electrons. The number of fused-ring (bicyclic) bond motifs is 1. The first kappa shape index (κ1) is 17.1. The van der Waals surface area contributed by atoms with Crippen LogP contribution >= 0.6 is 11.3 Å². The van der Waals surface area contributed by atoms with E-state index in [1.807, 2.05) is 37.3 Å². The van der Waals surface area contributed by atoms with Gasteiger partial charge in [0.1, 0.15) is 0 Å². The zero-order valence-corrected chi connectivity index (χ0v) is 13.9. The molecule has 0 bridgehead atoms. The number of benzene rings is 1. The Labute approximate surface area is 138 Å². The molecule has 0 aliphatic carbocycles. The number of hydrogen-bond donors (Lipinski definition) is 1. The Morgan fingerprint density at radius 2 is 2.13 bits per heavy atom. The number of amides is 1. The van der Waals surface area contributed by atoms with Crippen LogP contribution < -0.4 is 5.32 Å². The van der Waals surface area contributed by atoms with Gasteiger partial charge in [-0.2, -0.15) is 5.26 Å². The number of nitrogens with one attached hydrogen (secondary N) is 1. The van der Waals surface area contributed by atoms with Crippen molar-refractivity contribution in [3.8, 4) is 6.07 Å². The lowest BCUT2D eigenvalue weighted by Gasteiger charge is -2.09. The molecule has 0 aliphatic rings. The highest BCUT2D eigenvalue weighted by Crippen LogP contribution is 2.32. The van der Waals surface area contributed by atoms with Crippen molar-refractivity contribution < 1.29 is 14.3 Å². The monoisotopic (exact) mass is 330 g/mol. The summed E-state index contributed by atoms with van der Waals surface area (Å²) in [5, 5.41) is 12.8. The summed E-state index contributed by atoms with van der Waals surface area (Å²) in [7, 11) is 1.58. The fourth-order valence-corrected chi connectivity index (χ4v) is 3.49. The molecule has 0 unspecified atom stereocenters. The van der Waals surface area contributed by atoms with E-state index < -0.39 is 17.6 Å². The Kier molecular flexibility index (Phi) is 5.85. The Balaban J connectivity index is 2.17. The van der Waals surface area contributed by atoms with E-state index in [0.717, 1.165) is 15.6 Å². The first-order chi connectivity index (χ1) is 11.1. The maximum absolute atomic E-state index is 12.6. The number of nitrogens with zero attached hydrogens (tertiary/aromatic N) is 1. The quantitative estimate of drug-likeness (QED) is 0.481. The molecule has 5 nitrogen and oxygen atoms in total. The van der Waals surface area contributed by atoms with Crippen molar-refractivity contribution in [2.45, 2.75) is 13.3 Å². The van der Waals surface area contributed by atoms with E-state index in [4.69, 9.17) is 4.74 Å². The highest BCUT2D eigenvalue weighted by Gasteiger charge is 2.30. The summed E-state index contributed by atoms with van der Waals surface area (Å²) in [6.07, 6.45) is 0.635. The molecule has 1 amide bonds. The normalized spacial score (nSPS) is 11.9. The molecule has 0 aliphatic heterocycles. The number of ketones is 1. The molecule has 2 rings (SSSR count). The smallest absolute Gasteiger partial charge is 0.245 e. The zero-order valence-electron chi connectivity index (χ0n) is 13.1. The van der Waals surface area contributed by atoms with Crippen LogP contribution in [-0.2, 0) is 9.53 Å². The number of ether oxygens (including phenoxy) is 1. The summed E-state index contributed by atoms with van der Waals surface area (Å²) in [6.45, 7) is 2.74. The molecule has 0 spiro atoms. The minimum Gasteiger partial charge on any atom is -0.385 e. The Hall–Kier alpha value is -2.23. The number of carbonyl (C=O) groups is 2. The largest absolute Gasteiger partial charge is 0.385 e. The van der Waals surface area contributed by atoms with Gasteiger partial charge in [-0.05, 0) is 30.4 Å². The SMILES string of the molecule is COCCCNC(=O)[C@H](C#N)C(=O)c1sc2ccccc2c1C. The number of aryl methyl sites for hydroxylation is 1. The third-order valence-electron chi connectivity index (χ3n) is 3.55. The van der Waals surface area contributed by atoms with Crippen LogP contribution in [0.25, 0.3) is 10.1 Å². The van der Waals surface area contributed by atoms with Gasteiger partial charge in [-0.1, -0.05) is 18.2 Å². The number of thiophene rings is 1. The van der Waals surface area contributed by atoms with E-state index in [2.05, 4.69) is 5.32 Å². The lowest BCUT2D eigenvalue weighted by Crippen LogP contribution is -2.35. The average molecular weight is 330 g/mol. The maximum atomic E-state index is 12.6. The number of rotatable bonds is 7. The van der Waals surface area contributed by atoms with Crippen molar-refractivity contribution in [1.82, 2.24) is 5.32 Å². The van der Waals surface area contributed by atoms with Crippen LogP contribution in [0.3, 0.4) is 0 Å². The number of methoxy groups -OCH3 is 1. The minimum absolute atomic E-state index is 0.379. The van der Waals surface area contributed by atoms with Gasteiger partial charge in [-0.15, -0.1) is 11.3 Å². The summed E-state index contributed by atoms with van der Waals surface area (Å²) in [6, 6.07) is 9.49. The second kappa shape index (κ2) is 7.86. The highest BCUT2D eigenvalue weighted by molar-refractivity contribution is 7.21. The molecule has 0 radical (unpaired) electrons. The van der Waals surface area contributed by atoms with Crippen LogP contribution in [0.5, 0.6) is 0 Å². The number of carbonyl (C=O) groups excluding carboxylic acids is 2. The summed E-state index contributed by atoms with van der Waals surface area (Å²) in [5.41, 5.74) is 0.822. The van der Waals surface area contributed by atoms with E-state index in [0.29, 0.717) is 24.4 Å². The van der Waals surface area contributed by atoms with E-state index in [9.17, 15) is 14.9 Å². The molecule has 2 aromatic rings. The molecular formula is C17H18N2O3S. The Morgan fingerprint density at radius 3 is 2.78 bits per heavy atom. The molecule has 1 aromatic heterocycles. The highest BCUT2D eigenvalue weighted by atomic mass is 32.1. The predicted octanol–water partition coefficient (Wildman–Crippen LogP) is 2.68. The second-order valence-corrected chi connectivity index (χ2v) is 6.17. The van der Waals surface area contributed by atoms with Gasteiger partial charge >= 0.3 is 0 Å². The van der Waals surface area contributed by atoms with Gasteiger partial charge < -0.3 is 10.1 Å². The third kappa shape index (κ3) is 3.76. The molecule has 1 N–H and O–H groups in total. The van der Waals surface area contributed by atoms with Gasteiger partial charge in [0, 0.05) is 25.0 Å². The van der Waals surface area contributed by atoms with Crippen LogP contribution in [0.4, 0.5) is 0 Å². The Bertz CT molecular complexity index is 761. The first-order valence-electron chi connectivity index (χ1n) is 7.28. The average Bonchev–Trinajstić information content (AvgIpc) is 2.89. The Morgan fingerprint density at radius 1 is 1.39 bits per heavy atom. The van der Waals surface area contributed by atoms with E-state index in [-0.39, 0.29) is 0 Å². The van der Waals surface area contributed by atoms with Crippen molar-refractivity contribution in [3.63, 3.8) is 0 Å². The van der Waals surface area contributed by atoms with Crippen LogP contribution in [0, 0.1) is 24.2 Å². The lowest BCUT2D eigenvalue weighted by atomic mass is 10.0. The fraction of sp³-hybridized carbons (Fsp3) is 0.353. The van der Waals surface area contributed by atoms with Crippen molar-refractivity contribution >= 4 is 33.1 Å². The summed E-state index contributed by atoms with van der Waals surface area (Å²) in [5.74, 6) is -2.30. The molecule has 1 atom stereocenters. The molecule has 0 saturated carbocycles. The van der Waals surface area contributed by atoms with Crippen molar-refractivity contribution in [2.75, 3.05) is 20.3 Å². The van der Waals surface area contributed by atoms with Crippen molar-refractivity contribution in [3.05, 3.63) is 34.7 Å². The van der Waals surface area contributed by atoms with Crippen molar-refractivity contribution in [2.24, 2.45) is 5.92 Å². The topological polar surface area (TPSA) is 79.2 Å². The molecule has 0 fully saturated rings. The summed E-state index contributed by atoms with van der Waals surface area (Å²) in [4.78, 5) is 25.2. The first-order valence-corrected chi connectivity index (χ1v) is 8.10. The molecule has 6 heteroatoms. The molecule has 1 aromatic carbocycles. The number of Topliss-reactive ketones (excluding diaryl/α,β-unsaturated/α-hetero) is 1. The molecule has 1 heterocycles. The summed E-state index contributed by atoms with van der Waals surface area (Å²) >= 11 is 1.32. The molecule has 23 heavy (non-hydrogen) atoms.